The van der Waals surface area contributed by atoms with Gasteiger partial charge in [-0.1, -0.05) is 38.5 Å². The lowest BCUT2D eigenvalue weighted by Crippen LogP contribution is -2.53. The summed E-state index contributed by atoms with van der Waals surface area (Å²) in [5.41, 5.74) is 1.85. The van der Waals surface area contributed by atoms with E-state index in [9.17, 15) is 0 Å². The van der Waals surface area contributed by atoms with Crippen LogP contribution in [0.2, 0.25) is 0 Å². The quantitative estimate of drug-likeness (QED) is 0.924. The van der Waals surface area contributed by atoms with E-state index in [1.165, 1.54) is 37.9 Å². The van der Waals surface area contributed by atoms with Gasteiger partial charge in [0.15, 0.2) is 0 Å². The van der Waals surface area contributed by atoms with Crippen LogP contribution in [-0.4, -0.2) is 37.7 Å². The highest BCUT2D eigenvalue weighted by atomic mass is 16.5. The molecule has 1 aromatic rings. The number of benzene rings is 1. The molecule has 3 nitrogen and oxygen atoms in total. The van der Waals surface area contributed by atoms with Crippen molar-refractivity contribution in [3.8, 4) is 5.75 Å². The van der Waals surface area contributed by atoms with Gasteiger partial charge in [0.05, 0.1) is 12.1 Å². The third-order valence-electron chi connectivity index (χ3n) is 5.69. The predicted molar refractivity (Wildman–Crippen MR) is 86.7 cm³/mol. The second-order valence-corrected chi connectivity index (χ2v) is 6.88. The summed E-state index contributed by atoms with van der Waals surface area (Å²) in [6.45, 7) is 7.95. The molecule has 1 N–H and O–H groups in total. The summed E-state index contributed by atoms with van der Waals surface area (Å²) in [5.74, 6) is 1.04. The highest BCUT2D eigenvalue weighted by Gasteiger charge is 2.37. The van der Waals surface area contributed by atoms with Crippen LogP contribution in [0.5, 0.6) is 5.75 Å². The average molecular weight is 288 g/mol. The first-order valence-corrected chi connectivity index (χ1v) is 8.30. The number of nitrogens with zero attached hydrogens (tertiary/aromatic N) is 1. The molecule has 3 heteroatoms. The second-order valence-electron chi connectivity index (χ2n) is 6.88. The van der Waals surface area contributed by atoms with Gasteiger partial charge in [-0.05, 0) is 44.5 Å². The van der Waals surface area contributed by atoms with Gasteiger partial charge in [-0.3, -0.25) is 4.90 Å². The summed E-state index contributed by atoms with van der Waals surface area (Å²) >= 11 is 0. The van der Waals surface area contributed by atoms with E-state index >= 15 is 0 Å². The minimum Gasteiger partial charge on any atom is -0.492 e. The van der Waals surface area contributed by atoms with Gasteiger partial charge in [-0.25, -0.2) is 0 Å². The topological polar surface area (TPSA) is 24.5 Å². The van der Waals surface area contributed by atoms with E-state index in [0.29, 0.717) is 17.5 Å². The molecule has 1 aromatic carbocycles. The van der Waals surface area contributed by atoms with Gasteiger partial charge in [-0.15, -0.1) is 0 Å². The number of para-hydroxylation sites is 1. The fourth-order valence-electron chi connectivity index (χ4n) is 3.76. The van der Waals surface area contributed by atoms with Crippen molar-refractivity contribution < 1.29 is 4.74 Å². The highest BCUT2D eigenvalue weighted by Crippen LogP contribution is 2.39. The molecule has 0 aliphatic carbocycles. The molecule has 1 fully saturated rings. The van der Waals surface area contributed by atoms with Crippen LogP contribution in [0, 0.1) is 5.41 Å². The van der Waals surface area contributed by atoms with E-state index in [-0.39, 0.29) is 0 Å². The Labute approximate surface area is 128 Å². The Morgan fingerprint density at radius 3 is 2.67 bits per heavy atom. The van der Waals surface area contributed by atoms with Crippen molar-refractivity contribution >= 4 is 0 Å². The maximum absolute atomic E-state index is 6.02. The van der Waals surface area contributed by atoms with Crippen molar-refractivity contribution in [3.05, 3.63) is 29.8 Å². The summed E-state index contributed by atoms with van der Waals surface area (Å²) in [5, 5.41) is 3.52. The fraction of sp³-hybridized carbons (Fsp3) is 0.667. The molecule has 3 rings (SSSR count). The number of piperidine rings is 1. The van der Waals surface area contributed by atoms with Crippen LogP contribution in [0.25, 0.3) is 0 Å². The Morgan fingerprint density at radius 1 is 1.29 bits per heavy atom. The number of likely N-dealkylation sites (tertiary alicyclic amines) is 1. The zero-order valence-electron chi connectivity index (χ0n) is 13.6. The molecule has 2 aliphatic rings. The van der Waals surface area contributed by atoms with Crippen LogP contribution in [0.1, 0.15) is 44.7 Å². The molecule has 2 aliphatic heterocycles. The monoisotopic (exact) mass is 288 g/mol. The first kappa shape index (κ1) is 14.9. The minimum absolute atomic E-state index is 0.376. The van der Waals surface area contributed by atoms with Gasteiger partial charge in [0.1, 0.15) is 12.4 Å². The van der Waals surface area contributed by atoms with Crippen molar-refractivity contribution in [2.45, 2.75) is 45.2 Å². The Hall–Kier alpha value is -1.06. The van der Waals surface area contributed by atoms with E-state index in [4.69, 9.17) is 4.74 Å². The molecule has 0 saturated carbocycles. The third kappa shape index (κ3) is 2.82. The Kier molecular flexibility index (Phi) is 4.23. The molecule has 0 radical (unpaired) electrons. The third-order valence-corrected chi connectivity index (χ3v) is 5.69. The van der Waals surface area contributed by atoms with Gasteiger partial charge < -0.3 is 10.1 Å². The molecule has 0 aromatic heterocycles. The summed E-state index contributed by atoms with van der Waals surface area (Å²) in [6.07, 6.45) is 3.90. The van der Waals surface area contributed by atoms with Crippen molar-refractivity contribution in [1.82, 2.24) is 10.2 Å². The van der Waals surface area contributed by atoms with Crippen LogP contribution >= 0.6 is 0 Å². The Morgan fingerprint density at radius 2 is 2.00 bits per heavy atom. The minimum atomic E-state index is 0.376. The van der Waals surface area contributed by atoms with Crippen molar-refractivity contribution in [1.29, 1.82) is 0 Å². The fourth-order valence-corrected chi connectivity index (χ4v) is 3.76. The summed E-state index contributed by atoms with van der Waals surface area (Å²) in [4.78, 5) is 2.63. The van der Waals surface area contributed by atoms with Gasteiger partial charge in [-0.2, -0.15) is 0 Å². The predicted octanol–water partition coefficient (Wildman–Crippen LogP) is 3.22. The van der Waals surface area contributed by atoms with Gasteiger partial charge in [0.2, 0.25) is 0 Å². The number of hydrogen-bond donors (Lipinski definition) is 1. The maximum atomic E-state index is 6.02. The zero-order valence-corrected chi connectivity index (χ0v) is 13.6. The standard InChI is InChI=1S/C18H28N2O/c1-4-18(2)9-11-20(12-10-18)15-13-21-16-8-6-5-7-14(16)17(15)19-3/h5-8,15,17,19H,4,9-13H2,1-3H3. The number of ether oxygens (including phenoxy) is 1. The van der Waals surface area contributed by atoms with E-state index in [1.807, 2.05) is 0 Å². The molecule has 2 atom stereocenters. The Bertz CT molecular complexity index is 480. The van der Waals surface area contributed by atoms with Crippen LogP contribution in [0.4, 0.5) is 0 Å². The van der Waals surface area contributed by atoms with Crippen molar-refractivity contribution in [2.75, 3.05) is 26.7 Å². The van der Waals surface area contributed by atoms with E-state index in [0.717, 1.165) is 12.4 Å². The van der Waals surface area contributed by atoms with Gasteiger partial charge >= 0.3 is 0 Å². The van der Waals surface area contributed by atoms with Gasteiger partial charge in [0, 0.05) is 5.56 Å². The Balaban J connectivity index is 1.75. The molecule has 0 spiro atoms. The van der Waals surface area contributed by atoms with E-state index in [2.05, 4.69) is 55.4 Å². The number of fused-ring (bicyclic) bond motifs is 1. The SMILES string of the molecule is CCC1(C)CCN(C2COc3ccccc3C2NC)CC1. The smallest absolute Gasteiger partial charge is 0.124 e. The van der Waals surface area contributed by atoms with Gasteiger partial charge in [0.25, 0.3) is 0 Å². The largest absolute Gasteiger partial charge is 0.492 e. The first-order valence-electron chi connectivity index (χ1n) is 8.30. The molecule has 116 valence electrons. The average Bonchev–Trinajstić information content (AvgIpc) is 2.54. The summed E-state index contributed by atoms with van der Waals surface area (Å²) in [6, 6.07) is 9.27. The van der Waals surface area contributed by atoms with Crippen LogP contribution in [-0.2, 0) is 0 Å². The highest BCUT2D eigenvalue weighted by molar-refractivity contribution is 5.38. The van der Waals surface area contributed by atoms with E-state index < -0.39 is 0 Å². The number of hydrogen-bond acceptors (Lipinski definition) is 3. The number of likely N-dealkylation sites (N-methyl/N-ethyl adjacent to an activating group) is 1. The summed E-state index contributed by atoms with van der Waals surface area (Å²) in [7, 11) is 2.07. The lowest BCUT2D eigenvalue weighted by Gasteiger charge is -2.46. The van der Waals surface area contributed by atoms with Crippen LogP contribution < -0.4 is 10.1 Å². The van der Waals surface area contributed by atoms with Crippen LogP contribution in [0.3, 0.4) is 0 Å². The molecule has 21 heavy (non-hydrogen) atoms. The molecule has 0 amide bonds. The summed E-state index contributed by atoms with van der Waals surface area (Å²) < 4.78 is 6.02. The molecule has 1 saturated heterocycles. The van der Waals surface area contributed by atoms with Crippen molar-refractivity contribution in [3.63, 3.8) is 0 Å². The second kappa shape index (κ2) is 5.98. The molecule has 2 unspecified atom stereocenters. The van der Waals surface area contributed by atoms with E-state index in [1.54, 1.807) is 0 Å². The first-order chi connectivity index (χ1) is 10.2. The van der Waals surface area contributed by atoms with Crippen molar-refractivity contribution in [2.24, 2.45) is 5.41 Å². The molecular formula is C18H28N2O. The number of nitrogens with one attached hydrogen (secondary N) is 1. The molecule has 2 heterocycles. The molecule has 0 bridgehead atoms. The zero-order chi connectivity index (χ0) is 14.9. The normalized spacial score (nSPS) is 28.7. The lowest BCUT2D eigenvalue weighted by molar-refractivity contribution is 0.0336. The van der Waals surface area contributed by atoms with Crippen LogP contribution in [0.15, 0.2) is 24.3 Å². The molecular weight excluding hydrogens is 260 g/mol. The number of rotatable bonds is 3. The lowest BCUT2D eigenvalue weighted by atomic mass is 9.77. The maximum Gasteiger partial charge on any atom is 0.124 e.